The minimum atomic E-state index is -0.0906. The quantitative estimate of drug-likeness (QED) is 0.742. The molecule has 1 aromatic carbocycles. The Balaban J connectivity index is 1.94. The predicted molar refractivity (Wildman–Crippen MR) is 50.9 cm³/mol. The van der Waals surface area contributed by atoms with Crippen LogP contribution in [-0.2, 0) is 16.1 Å². The summed E-state index contributed by atoms with van der Waals surface area (Å²) < 4.78 is 5.08. The molecule has 0 atom stereocenters. The highest BCUT2D eigenvalue weighted by atomic mass is 16.5. The van der Waals surface area contributed by atoms with Gasteiger partial charge in [0.25, 0.3) is 5.91 Å². The van der Waals surface area contributed by atoms with Crippen LogP contribution in [0.15, 0.2) is 30.3 Å². The SMILES string of the molecule is O=C1COCN(Cc2ccccc2)N1. The molecule has 0 spiro atoms. The summed E-state index contributed by atoms with van der Waals surface area (Å²) in [4.78, 5) is 11.0. The molecule has 0 saturated carbocycles. The van der Waals surface area contributed by atoms with Crippen molar-refractivity contribution in [3.05, 3.63) is 35.9 Å². The van der Waals surface area contributed by atoms with Crippen molar-refractivity contribution < 1.29 is 9.53 Å². The maximum atomic E-state index is 11.0. The summed E-state index contributed by atoms with van der Waals surface area (Å²) >= 11 is 0. The minimum Gasteiger partial charge on any atom is -0.355 e. The van der Waals surface area contributed by atoms with Crippen LogP contribution in [0.2, 0.25) is 0 Å². The van der Waals surface area contributed by atoms with Crippen LogP contribution in [0.5, 0.6) is 0 Å². The summed E-state index contributed by atoms with van der Waals surface area (Å²) in [6, 6.07) is 9.94. The van der Waals surface area contributed by atoms with E-state index in [2.05, 4.69) is 5.43 Å². The maximum absolute atomic E-state index is 11.0. The number of nitrogens with one attached hydrogen (secondary N) is 1. The highest BCUT2D eigenvalue weighted by molar-refractivity contribution is 5.77. The van der Waals surface area contributed by atoms with Crippen LogP contribution in [0.3, 0.4) is 0 Å². The molecule has 1 aliphatic rings. The summed E-state index contributed by atoms with van der Waals surface area (Å²) in [6.07, 6.45) is 0. The highest BCUT2D eigenvalue weighted by Gasteiger charge is 2.15. The van der Waals surface area contributed by atoms with Crippen LogP contribution in [0.1, 0.15) is 5.56 Å². The normalized spacial score (nSPS) is 17.9. The third-order valence-electron chi connectivity index (χ3n) is 1.98. The molecule has 1 fully saturated rings. The summed E-state index contributed by atoms with van der Waals surface area (Å²) in [6.45, 7) is 1.28. The third kappa shape index (κ3) is 2.31. The van der Waals surface area contributed by atoms with E-state index in [1.807, 2.05) is 30.3 Å². The summed E-state index contributed by atoms with van der Waals surface area (Å²) in [5.74, 6) is -0.0906. The number of amides is 1. The molecule has 1 N–H and O–H groups in total. The molecular weight excluding hydrogens is 180 g/mol. The van der Waals surface area contributed by atoms with E-state index >= 15 is 0 Å². The molecule has 1 saturated heterocycles. The summed E-state index contributed by atoms with van der Waals surface area (Å²) in [5, 5.41) is 1.75. The van der Waals surface area contributed by atoms with E-state index in [1.165, 1.54) is 0 Å². The zero-order valence-corrected chi connectivity index (χ0v) is 7.77. The van der Waals surface area contributed by atoms with Gasteiger partial charge in [0, 0.05) is 6.54 Å². The van der Waals surface area contributed by atoms with Gasteiger partial charge in [-0.25, -0.2) is 0 Å². The lowest BCUT2D eigenvalue weighted by Crippen LogP contribution is -2.49. The van der Waals surface area contributed by atoms with Crippen LogP contribution >= 0.6 is 0 Å². The van der Waals surface area contributed by atoms with Gasteiger partial charge in [-0.05, 0) is 5.56 Å². The predicted octanol–water partition coefficient (Wildman–Crippen LogP) is 0.508. The number of hydrogen-bond acceptors (Lipinski definition) is 3. The van der Waals surface area contributed by atoms with Gasteiger partial charge in [0.1, 0.15) is 13.3 Å². The standard InChI is InChI=1S/C10H12N2O2/c13-10-7-14-8-12(11-10)6-9-4-2-1-3-5-9/h1-5H,6-8H2,(H,11,13). The van der Waals surface area contributed by atoms with Gasteiger partial charge in [0.05, 0.1) is 0 Å². The van der Waals surface area contributed by atoms with Crippen LogP contribution < -0.4 is 5.43 Å². The van der Waals surface area contributed by atoms with E-state index in [9.17, 15) is 4.79 Å². The number of nitrogens with zero attached hydrogens (tertiary/aromatic N) is 1. The van der Waals surface area contributed by atoms with Crippen molar-refractivity contribution in [2.45, 2.75) is 6.54 Å². The smallest absolute Gasteiger partial charge is 0.260 e. The van der Waals surface area contributed by atoms with Gasteiger partial charge in [-0.2, -0.15) is 5.01 Å². The molecule has 74 valence electrons. The zero-order chi connectivity index (χ0) is 9.80. The lowest BCUT2D eigenvalue weighted by atomic mass is 10.2. The molecule has 2 rings (SSSR count). The lowest BCUT2D eigenvalue weighted by molar-refractivity contribution is -0.146. The van der Waals surface area contributed by atoms with Gasteiger partial charge in [-0.15, -0.1) is 0 Å². The highest BCUT2D eigenvalue weighted by Crippen LogP contribution is 2.03. The third-order valence-corrected chi connectivity index (χ3v) is 1.98. The molecule has 0 aromatic heterocycles. The van der Waals surface area contributed by atoms with Gasteiger partial charge in [0.15, 0.2) is 0 Å². The van der Waals surface area contributed by atoms with E-state index < -0.39 is 0 Å². The van der Waals surface area contributed by atoms with Crippen LogP contribution in [0, 0.1) is 0 Å². The molecule has 14 heavy (non-hydrogen) atoms. The fourth-order valence-corrected chi connectivity index (χ4v) is 1.38. The number of benzene rings is 1. The van der Waals surface area contributed by atoms with Crippen molar-refractivity contribution in [2.24, 2.45) is 0 Å². The van der Waals surface area contributed by atoms with Crippen molar-refractivity contribution in [3.8, 4) is 0 Å². The molecule has 0 radical (unpaired) electrons. The zero-order valence-electron chi connectivity index (χ0n) is 7.77. The second kappa shape index (κ2) is 4.21. The first-order valence-electron chi connectivity index (χ1n) is 4.51. The number of ether oxygens (including phenoxy) is 1. The van der Waals surface area contributed by atoms with E-state index in [0.29, 0.717) is 13.3 Å². The Bertz CT molecular complexity index is 313. The molecule has 1 heterocycles. The second-order valence-electron chi connectivity index (χ2n) is 3.20. The van der Waals surface area contributed by atoms with Gasteiger partial charge >= 0.3 is 0 Å². The Morgan fingerprint density at radius 2 is 2.14 bits per heavy atom. The first kappa shape index (κ1) is 9.18. The van der Waals surface area contributed by atoms with Crippen LogP contribution in [0.4, 0.5) is 0 Å². The van der Waals surface area contributed by atoms with Crippen LogP contribution in [0.25, 0.3) is 0 Å². The Hall–Kier alpha value is -1.39. The number of hydrazine groups is 1. The molecule has 4 heteroatoms. The van der Waals surface area contributed by atoms with Gasteiger partial charge in [-0.3, -0.25) is 10.2 Å². The molecule has 0 aliphatic carbocycles. The Morgan fingerprint density at radius 1 is 1.36 bits per heavy atom. The van der Waals surface area contributed by atoms with Crippen molar-refractivity contribution in [1.82, 2.24) is 10.4 Å². The average molecular weight is 192 g/mol. The Morgan fingerprint density at radius 3 is 2.86 bits per heavy atom. The second-order valence-corrected chi connectivity index (χ2v) is 3.20. The number of hydrogen-bond donors (Lipinski definition) is 1. The first-order valence-corrected chi connectivity index (χ1v) is 4.51. The largest absolute Gasteiger partial charge is 0.355 e. The lowest BCUT2D eigenvalue weighted by Gasteiger charge is -2.26. The van der Waals surface area contributed by atoms with Crippen molar-refractivity contribution in [1.29, 1.82) is 0 Å². The van der Waals surface area contributed by atoms with Gasteiger partial charge in [0.2, 0.25) is 0 Å². The van der Waals surface area contributed by atoms with E-state index in [0.717, 1.165) is 5.56 Å². The van der Waals surface area contributed by atoms with Gasteiger partial charge < -0.3 is 4.74 Å². The first-order chi connectivity index (χ1) is 6.84. The topological polar surface area (TPSA) is 41.6 Å². The fraction of sp³-hybridized carbons (Fsp3) is 0.300. The van der Waals surface area contributed by atoms with Crippen molar-refractivity contribution >= 4 is 5.91 Å². The molecule has 1 aromatic rings. The number of rotatable bonds is 2. The molecule has 0 bridgehead atoms. The van der Waals surface area contributed by atoms with Crippen LogP contribution in [-0.4, -0.2) is 24.3 Å². The van der Waals surface area contributed by atoms with E-state index in [4.69, 9.17) is 4.74 Å². The summed E-state index contributed by atoms with van der Waals surface area (Å²) in [5.41, 5.74) is 3.89. The fourth-order valence-electron chi connectivity index (χ4n) is 1.38. The molecule has 1 aliphatic heterocycles. The van der Waals surface area contributed by atoms with E-state index in [1.54, 1.807) is 5.01 Å². The number of carbonyl (C=O) groups is 1. The van der Waals surface area contributed by atoms with E-state index in [-0.39, 0.29) is 12.5 Å². The molecule has 4 nitrogen and oxygen atoms in total. The van der Waals surface area contributed by atoms with Crippen molar-refractivity contribution in [3.63, 3.8) is 0 Å². The summed E-state index contributed by atoms with van der Waals surface area (Å²) in [7, 11) is 0. The Labute approximate surface area is 82.4 Å². The number of carbonyl (C=O) groups excluding carboxylic acids is 1. The molecule has 0 unspecified atom stereocenters. The van der Waals surface area contributed by atoms with Crippen molar-refractivity contribution in [2.75, 3.05) is 13.3 Å². The minimum absolute atomic E-state index is 0.0906. The average Bonchev–Trinajstić information content (AvgIpc) is 2.19. The molecular formula is C10H12N2O2. The Kier molecular flexibility index (Phi) is 2.76. The monoisotopic (exact) mass is 192 g/mol. The maximum Gasteiger partial charge on any atom is 0.260 e. The molecule has 1 amide bonds. The van der Waals surface area contributed by atoms with Gasteiger partial charge in [-0.1, -0.05) is 30.3 Å².